The molecule has 18 heavy (non-hydrogen) atoms. The molecule has 2 rings (SSSR count). The molecule has 1 fully saturated rings. The fraction of sp³-hybridized carbons (Fsp3) is 0.500. The minimum Gasteiger partial charge on any atom is -0.207 e. The largest absolute Gasteiger partial charge is 0.243 e. The van der Waals surface area contributed by atoms with Crippen molar-refractivity contribution >= 4 is 33.2 Å². The first-order chi connectivity index (χ1) is 8.46. The Bertz CT molecular complexity index is 551. The lowest BCUT2D eigenvalue weighted by Gasteiger charge is -2.18. The van der Waals surface area contributed by atoms with E-state index in [0.717, 1.165) is 18.4 Å². The summed E-state index contributed by atoms with van der Waals surface area (Å²) < 4.78 is 26.5. The van der Waals surface area contributed by atoms with E-state index >= 15 is 0 Å². The van der Waals surface area contributed by atoms with E-state index < -0.39 is 10.0 Å². The Balaban J connectivity index is 2.53. The van der Waals surface area contributed by atoms with Crippen molar-refractivity contribution in [3.8, 4) is 0 Å². The second-order valence-electron chi connectivity index (χ2n) is 4.43. The molecule has 0 atom stereocenters. The van der Waals surface area contributed by atoms with Crippen molar-refractivity contribution in [1.82, 2.24) is 4.31 Å². The number of halogens is 2. The van der Waals surface area contributed by atoms with Gasteiger partial charge in [0, 0.05) is 24.0 Å². The number of benzene rings is 1. The zero-order valence-corrected chi connectivity index (χ0v) is 12.4. The molecule has 0 aliphatic carbocycles. The molecular formula is C12H15Cl2NO2S. The maximum atomic E-state index is 12.5. The third kappa shape index (κ3) is 2.52. The van der Waals surface area contributed by atoms with Crippen LogP contribution in [-0.4, -0.2) is 25.8 Å². The Morgan fingerprint density at radius 1 is 1.28 bits per heavy atom. The molecule has 1 aromatic carbocycles. The molecule has 0 spiro atoms. The smallest absolute Gasteiger partial charge is 0.207 e. The Labute approximate surface area is 118 Å². The lowest BCUT2D eigenvalue weighted by atomic mass is 10.1. The van der Waals surface area contributed by atoms with Gasteiger partial charge >= 0.3 is 0 Å². The van der Waals surface area contributed by atoms with E-state index in [-0.39, 0.29) is 10.8 Å². The predicted octanol–water partition coefficient (Wildman–Crippen LogP) is 3.17. The van der Waals surface area contributed by atoms with E-state index in [1.807, 2.05) is 0 Å². The van der Waals surface area contributed by atoms with Crippen molar-refractivity contribution in [2.24, 2.45) is 0 Å². The van der Waals surface area contributed by atoms with E-state index in [0.29, 0.717) is 23.7 Å². The predicted molar refractivity (Wildman–Crippen MR) is 73.7 cm³/mol. The molecular weight excluding hydrogens is 293 g/mol. The van der Waals surface area contributed by atoms with Crippen molar-refractivity contribution in [2.75, 3.05) is 13.1 Å². The number of alkyl halides is 1. The van der Waals surface area contributed by atoms with Crippen molar-refractivity contribution in [2.45, 2.75) is 30.5 Å². The van der Waals surface area contributed by atoms with Crippen LogP contribution in [0.2, 0.25) is 5.02 Å². The lowest BCUT2D eigenvalue weighted by molar-refractivity contribution is 0.477. The van der Waals surface area contributed by atoms with E-state index in [1.165, 1.54) is 10.4 Å². The summed E-state index contributed by atoms with van der Waals surface area (Å²) in [7, 11) is -3.43. The highest BCUT2D eigenvalue weighted by Crippen LogP contribution is 2.29. The highest BCUT2D eigenvalue weighted by molar-refractivity contribution is 7.89. The summed E-state index contributed by atoms with van der Waals surface area (Å²) in [6.45, 7) is 2.95. The average Bonchev–Trinajstić information content (AvgIpc) is 2.85. The SMILES string of the molecule is Cc1c(CCl)cc(Cl)cc1S(=O)(=O)N1CCCC1. The zero-order valence-electron chi connectivity index (χ0n) is 10.1. The van der Waals surface area contributed by atoms with Crippen LogP contribution < -0.4 is 0 Å². The van der Waals surface area contributed by atoms with E-state index in [9.17, 15) is 8.42 Å². The molecule has 3 nitrogen and oxygen atoms in total. The van der Waals surface area contributed by atoms with E-state index in [2.05, 4.69) is 0 Å². The standard InChI is InChI=1S/C12H15Cl2NO2S/c1-9-10(8-13)6-11(14)7-12(9)18(16,17)15-4-2-3-5-15/h6-7H,2-5,8H2,1H3. The number of sulfonamides is 1. The van der Waals surface area contributed by atoms with Crippen molar-refractivity contribution in [3.63, 3.8) is 0 Å². The molecule has 0 amide bonds. The van der Waals surface area contributed by atoms with Crippen molar-refractivity contribution in [1.29, 1.82) is 0 Å². The second-order valence-corrected chi connectivity index (χ2v) is 7.04. The fourth-order valence-corrected chi connectivity index (χ4v) is 4.58. The Morgan fingerprint density at radius 2 is 1.89 bits per heavy atom. The summed E-state index contributed by atoms with van der Waals surface area (Å²) in [4.78, 5) is 0.285. The maximum Gasteiger partial charge on any atom is 0.243 e. The molecule has 1 aromatic rings. The number of hydrogen-bond acceptors (Lipinski definition) is 2. The summed E-state index contributed by atoms with van der Waals surface area (Å²) in [6, 6.07) is 3.23. The first-order valence-electron chi connectivity index (χ1n) is 5.82. The Morgan fingerprint density at radius 3 is 2.44 bits per heavy atom. The highest BCUT2D eigenvalue weighted by Gasteiger charge is 2.29. The molecule has 0 unspecified atom stereocenters. The first-order valence-corrected chi connectivity index (χ1v) is 8.17. The Kier molecular flexibility index (Phi) is 4.22. The molecule has 1 heterocycles. The van der Waals surface area contributed by atoms with Gasteiger partial charge in [-0.25, -0.2) is 8.42 Å². The molecule has 1 aliphatic heterocycles. The number of nitrogens with zero attached hydrogens (tertiary/aromatic N) is 1. The molecule has 0 radical (unpaired) electrons. The average molecular weight is 308 g/mol. The van der Waals surface area contributed by atoms with Crippen LogP contribution in [0.1, 0.15) is 24.0 Å². The number of rotatable bonds is 3. The lowest BCUT2D eigenvalue weighted by Crippen LogP contribution is -2.28. The molecule has 0 N–H and O–H groups in total. The third-order valence-electron chi connectivity index (χ3n) is 3.26. The van der Waals surface area contributed by atoms with Gasteiger partial charge in [-0.15, -0.1) is 11.6 Å². The van der Waals surface area contributed by atoms with Gasteiger partial charge in [0.15, 0.2) is 0 Å². The molecule has 1 aliphatic rings. The van der Waals surface area contributed by atoms with Crippen molar-refractivity contribution in [3.05, 3.63) is 28.3 Å². The topological polar surface area (TPSA) is 37.4 Å². The molecule has 6 heteroatoms. The maximum absolute atomic E-state index is 12.5. The molecule has 0 aromatic heterocycles. The van der Waals surface area contributed by atoms with E-state index in [1.54, 1.807) is 13.0 Å². The monoisotopic (exact) mass is 307 g/mol. The molecule has 0 saturated carbocycles. The number of hydrogen-bond donors (Lipinski definition) is 0. The summed E-state index contributed by atoms with van der Waals surface area (Å²) in [5.41, 5.74) is 1.46. The zero-order chi connectivity index (χ0) is 13.3. The van der Waals surface area contributed by atoms with Gasteiger partial charge in [-0.05, 0) is 43.0 Å². The summed E-state index contributed by atoms with van der Waals surface area (Å²) >= 11 is 11.8. The quantitative estimate of drug-likeness (QED) is 0.804. The molecule has 100 valence electrons. The van der Waals surface area contributed by atoms with Crippen LogP contribution in [0.3, 0.4) is 0 Å². The van der Waals surface area contributed by atoms with Gasteiger partial charge in [0.05, 0.1) is 4.90 Å². The van der Waals surface area contributed by atoms with Gasteiger partial charge in [0.25, 0.3) is 0 Å². The van der Waals surface area contributed by atoms with Gasteiger partial charge in [0.2, 0.25) is 10.0 Å². The van der Waals surface area contributed by atoms with Gasteiger partial charge in [0.1, 0.15) is 0 Å². The van der Waals surface area contributed by atoms with Gasteiger partial charge in [-0.2, -0.15) is 4.31 Å². The van der Waals surface area contributed by atoms with Gasteiger partial charge in [-0.3, -0.25) is 0 Å². The van der Waals surface area contributed by atoms with Gasteiger partial charge in [-0.1, -0.05) is 11.6 Å². The third-order valence-corrected chi connectivity index (χ3v) is 5.79. The minimum absolute atomic E-state index is 0.259. The van der Waals surface area contributed by atoms with Crippen LogP contribution in [-0.2, 0) is 15.9 Å². The Hall–Kier alpha value is -0.290. The van der Waals surface area contributed by atoms with Crippen LogP contribution in [0.4, 0.5) is 0 Å². The van der Waals surface area contributed by atoms with E-state index in [4.69, 9.17) is 23.2 Å². The van der Waals surface area contributed by atoms with Crippen LogP contribution >= 0.6 is 23.2 Å². The van der Waals surface area contributed by atoms with Crippen molar-refractivity contribution < 1.29 is 8.42 Å². The summed E-state index contributed by atoms with van der Waals surface area (Å²) in [5.74, 6) is 0.259. The molecule has 1 saturated heterocycles. The van der Waals surface area contributed by atoms with Gasteiger partial charge < -0.3 is 0 Å². The summed E-state index contributed by atoms with van der Waals surface area (Å²) in [6.07, 6.45) is 1.84. The molecule has 0 bridgehead atoms. The van der Waals surface area contributed by atoms with Crippen LogP contribution in [0.15, 0.2) is 17.0 Å². The summed E-state index contributed by atoms with van der Waals surface area (Å²) in [5, 5.41) is 0.411. The normalized spacial score (nSPS) is 17.3. The fourth-order valence-electron chi connectivity index (χ4n) is 2.18. The minimum atomic E-state index is -3.43. The van der Waals surface area contributed by atoms with Crippen LogP contribution in [0, 0.1) is 6.92 Å². The second kappa shape index (κ2) is 5.37. The first kappa shape index (κ1) is 14.1. The highest BCUT2D eigenvalue weighted by atomic mass is 35.5. The van der Waals surface area contributed by atoms with Crippen LogP contribution in [0.25, 0.3) is 0 Å². The van der Waals surface area contributed by atoms with Crippen LogP contribution in [0.5, 0.6) is 0 Å².